The average molecular weight is 521 g/mol. The van der Waals surface area contributed by atoms with Crippen LogP contribution in [0.3, 0.4) is 0 Å². The molecule has 3 N–H and O–H groups in total. The van der Waals surface area contributed by atoms with Crippen LogP contribution < -0.4 is 20.7 Å². The standard InChI is InChI=1S/C24H23ClF2N4O3S/c25-14-5-8-16(9-6-14)34-12-22-29-21(13-35-22)23(32)30-19-3-1-2-4-20(19)31-24(33)28-15-7-10-17(26)18(27)11-15/h5-11,13,19-20H,1-4,12H2,(H,30,32)(H2,28,31,33)/t19-,20-/m1/s1. The van der Waals surface area contributed by atoms with Gasteiger partial charge in [-0.25, -0.2) is 18.6 Å². The Labute approximate surface area is 209 Å². The van der Waals surface area contributed by atoms with Crippen molar-refractivity contribution in [1.82, 2.24) is 15.6 Å². The lowest BCUT2D eigenvalue weighted by Crippen LogP contribution is -2.54. The van der Waals surface area contributed by atoms with Gasteiger partial charge in [-0.15, -0.1) is 11.3 Å². The SMILES string of the molecule is O=C(Nc1ccc(F)c(F)c1)N[C@@H]1CCCC[C@H]1NC(=O)c1csc(COc2ccc(Cl)cc2)n1. The van der Waals surface area contributed by atoms with Crippen molar-refractivity contribution in [3.8, 4) is 5.75 Å². The Bertz CT molecular complexity index is 1190. The summed E-state index contributed by atoms with van der Waals surface area (Å²) in [5.74, 6) is -1.73. The number of urea groups is 1. The molecule has 1 saturated carbocycles. The number of hydrogen-bond acceptors (Lipinski definition) is 5. The molecule has 4 rings (SSSR count). The Morgan fingerprint density at radius 2 is 1.74 bits per heavy atom. The molecule has 1 aromatic heterocycles. The highest BCUT2D eigenvalue weighted by Crippen LogP contribution is 2.21. The van der Waals surface area contributed by atoms with Crippen molar-refractivity contribution in [2.24, 2.45) is 0 Å². The summed E-state index contributed by atoms with van der Waals surface area (Å²) >= 11 is 7.19. The van der Waals surface area contributed by atoms with E-state index in [9.17, 15) is 18.4 Å². The zero-order chi connectivity index (χ0) is 24.8. The van der Waals surface area contributed by atoms with Crippen molar-refractivity contribution >= 4 is 40.6 Å². The molecule has 1 aliphatic carbocycles. The van der Waals surface area contributed by atoms with Gasteiger partial charge in [0.05, 0.1) is 6.04 Å². The molecule has 0 spiro atoms. The van der Waals surface area contributed by atoms with Crippen LogP contribution in [0.25, 0.3) is 0 Å². The van der Waals surface area contributed by atoms with Gasteiger partial charge in [-0.3, -0.25) is 4.79 Å². The summed E-state index contributed by atoms with van der Waals surface area (Å²) < 4.78 is 32.2. The smallest absolute Gasteiger partial charge is 0.319 e. The summed E-state index contributed by atoms with van der Waals surface area (Å²) in [6, 6.07) is 8.92. The minimum absolute atomic E-state index is 0.133. The first-order valence-electron chi connectivity index (χ1n) is 11.0. The number of nitrogens with one attached hydrogen (secondary N) is 3. The third-order valence-corrected chi connectivity index (χ3v) is 6.61. The van der Waals surface area contributed by atoms with E-state index in [-0.39, 0.29) is 36.0 Å². The normalized spacial score (nSPS) is 17.5. The molecule has 0 bridgehead atoms. The predicted molar refractivity (Wildman–Crippen MR) is 130 cm³/mol. The van der Waals surface area contributed by atoms with E-state index < -0.39 is 17.7 Å². The molecule has 3 aromatic rings. The second-order valence-electron chi connectivity index (χ2n) is 8.07. The van der Waals surface area contributed by atoms with Crippen LogP contribution in [0.15, 0.2) is 47.8 Å². The minimum Gasteiger partial charge on any atom is -0.486 e. The molecule has 184 valence electrons. The summed E-state index contributed by atoms with van der Waals surface area (Å²) in [4.78, 5) is 29.6. The molecule has 1 fully saturated rings. The molecule has 0 aliphatic heterocycles. The zero-order valence-electron chi connectivity index (χ0n) is 18.5. The van der Waals surface area contributed by atoms with Crippen molar-refractivity contribution in [3.05, 3.63) is 75.2 Å². The number of aromatic nitrogens is 1. The molecule has 35 heavy (non-hydrogen) atoms. The Hall–Kier alpha value is -3.24. The van der Waals surface area contributed by atoms with E-state index in [2.05, 4.69) is 20.9 Å². The van der Waals surface area contributed by atoms with E-state index in [0.29, 0.717) is 28.6 Å². The molecule has 0 unspecified atom stereocenters. The lowest BCUT2D eigenvalue weighted by molar-refractivity contribution is 0.0911. The van der Waals surface area contributed by atoms with Gasteiger partial charge in [0.1, 0.15) is 23.1 Å². The largest absolute Gasteiger partial charge is 0.486 e. The Kier molecular flexibility index (Phi) is 8.14. The maximum Gasteiger partial charge on any atom is 0.319 e. The summed E-state index contributed by atoms with van der Waals surface area (Å²) in [5.41, 5.74) is 0.411. The second-order valence-corrected chi connectivity index (χ2v) is 9.45. The molecular formula is C24H23ClF2N4O3S. The fourth-order valence-corrected chi connectivity index (χ4v) is 4.60. The van der Waals surface area contributed by atoms with E-state index in [4.69, 9.17) is 16.3 Å². The number of amides is 3. The van der Waals surface area contributed by atoms with Crippen LogP contribution >= 0.6 is 22.9 Å². The Balaban J connectivity index is 1.31. The fourth-order valence-electron chi connectivity index (χ4n) is 3.79. The minimum atomic E-state index is -1.05. The molecule has 7 nitrogen and oxygen atoms in total. The van der Waals surface area contributed by atoms with Crippen LogP contribution in [0, 0.1) is 11.6 Å². The van der Waals surface area contributed by atoms with E-state index in [1.165, 1.54) is 17.4 Å². The number of rotatable bonds is 7. The van der Waals surface area contributed by atoms with Crippen molar-refractivity contribution in [1.29, 1.82) is 0 Å². The number of carbonyl (C=O) groups is 2. The third-order valence-electron chi connectivity index (χ3n) is 5.54. The number of hydrogen-bond donors (Lipinski definition) is 3. The van der Waals surface area contributed by atoms with Crippen molar-refractivity contribution in [3.63, 3.8) is 0 Å². The van der Waals surface area contributed by atoms with Crippen molar-refractivity contribution < 1.29 is 23.1 Å². The number of nitrogens with zero attached hydrogens (tertiary/aromatic N) is 1. The maximum absolute atomic E-state index is 13.4. The van der Waals surface area contributed by atoms with Gasteiger partial charge < -0.3 is 20.7 Å². The van der Waals surface area contributed by atoms with Gasteiger partial charge in [0.15, 0.2) is 11.6 Å². The average Bonchev–Trinajstić information content (AvgIpc) is 3.32. The van der Waals surface area contributed by atoms with Crippen LogP contribution in [0.1, 0.15) is 41.2 Å². The summed E-state index contributed by atoms with van der Waals surface area (Å²) in [6.45, 7) is 0.220. The van der Waals surface area contributed by atoms with Crippen LogP contribution in [0.2, 0.25) is 5.02 Å². The number of carbonyl (C=O) groups excluding carboxylic acids is 2. The Morgan fingerprint density at radius 1 is 1.03 bits per heavy atom. The van der Waals surface area contributed by atoms with Gasteiger partial charge in [0, 0.05) is 28.2 Å². The molecule has 0 saturated heterocycles. The van der Waals surface area contributed by atoms with Gasteiger partial charge in [-0.1, -0.05) is 24.4 Å². The second kappa shape index (κ2) is 11.5. The highest BCUT2D eigenvalue weighted by Gasteiger charge is 2.29. The summed E-state index contributed by atoms with van der Waals surface area (Å²) in [5, 5.41) is 11.2. The quantitative estimate of drug-likeness (QED) is 0.382. The topological polar surface area (TPSA) is 92.4 Å². The molecule has 3 amide bonds. The van der Waals surface area contributed by atoms with Crippen LogP contribution in [-0.4, -0.2) is 29.0 Å². The van der Waals surface area contributed by atoms with Crippen molar-refractivity contribution in [2.45, 2.75) is 44.4 Å². The van der Waals surface area contributed by atoms with E-state index >= 15 is 0 Å². The lowest BCUT2D eigenvalue weighted by Gasteiger charge is -2.32. The first kappa shape index (κ1) is 24.9. The Morgan fingerprint density at radius 3 is 2.46 bits per heavy atom. The summed E-state index contributed by atoms with van der Waals surface area (Å²) in [6.07, 6.45) is 3.17. The molecule has 0 radical (unpaired) electrons. The van der Waals surface area contributed by atoms with E-state index in [1.54, 1.807) is 29.6 Å². The zero-order valence-corrected chi connectivity index (χ0v) is 20.1. The van der Waals surface area contributed by atoms with Gasteiger partial charge >= 0.3 is 6.03 Å². The summed E-state index contributed by atoms with van der Waals surface area (Å²) in [7, 11) is 0. The van der Waals surface area contributed by atoms with Gasteiger partial charge in [0.25, 0.3) is 5.91 Å². The van der Waals surface area contributed by atoms with E-state index in [0.717, 1.165) is 25.0 Å². The van der Waals surface area contributed by atoms with Gasteiger partial charge in [-0.2, -0.15) is 0 Å². The number of thiazole rings is 1. The molecule has 1 heterocycles. The maximum atomic E-state index is 13.4. The van der Waals surface area contributed by atoms with Crippen molar-refractivity contribution in [2.75, 3.05) is 5.32 Å². The first-order valence-corrected chi connectivity index (χ1v) is 12.3. The number of halogens is 3. The first-order chi connectivity index (χ1) is 16.9. The number of anilines is 1. The fraction of sp³-hybridized carbons (Fsp3) is 0.292. The number of benzene rings is 2. The van der Waals surface area contributed by atoms with Crippen LogP contribution in [0.4, 0.5) is 19.3 Å². The third kappa shape index (κ3) is 6.89. The van der Waals surface area contributed by atoms with Gasteiger partial charge in [0.2, 0.25) is 0 Å². The molecule has 11 heteroatoms. The predicted octanol–water partition coefficient (Wildman–Crippen LogP) is 5.52. The highest BCUT2D eigenvalue weighted by molar-refractivity contribution is 7.09. The lowest BCUT2D eigenvalue weighted by atomic mass is 9.90. The molecular weight excluding hydrogens is 498 g/mol. The van der Waals surface area contributed by atoms with Crippen LogP contribution in [0.5, 0.6) is 5.75 Å². The number of ether oxygens (including phenoxy) is 1. The van der Waals surface area contributed by atoms with Crippen LogP contribution in [-0.2, 0) is 6.61 Å². The van der Waals surface area contributed by atoms with E-state index in [1.807, 2.05) is 0 Å². The molecule has 1 aliphatic rings. The molecule has 2 aromatic carbocycles. The highest BCUT2D eigenvalue weighted by atomic mass is 35.5. The molecule has 2 atom stereocenters. The van der Waals surface area contributed by atoms with Gasteiger partial charge in [-0.05, 0) is 49.2 Å². The monoisotopic (exact) mass is 520 g/mol.